The summed E-state index contributed by atoms with van der Waals surface area (Å²) in [5, 5.41) is 20.4. The summed E-state index contributed by atoms with van der Waals surface area (Å²) in [6.07, 6.45) is 7.35. The van der Waals surface area contributed by atoms with Crippen LogP contribution < -0.4 is 0 Å². The lowest BCUT2D eigenvalue weighted by Crippen LogP contribution is -2.54. The third kappa shape index (κ3) is 1.32. The standard InChI is InChI=1S/C14H19NO2/c16-12-2-1-3-15(12)13-10-4-9-5-11(13)8-14(17,6-9)7-10/h1-3,9-11,13,16-17H,4-8H2/t9?,10-,11-,13?,14?/m1/s1. The topological polar surface area (TPSA) is 45.4 Å². The average molecular weight is 233 g/mol. The van der Waals surface area contributed by atoms with Crippen molar-refractivity contribution in [3.63, 3.8) is 0 Å². The smallest absolute Gasteiger partial charge is 0.191 e. The number of hydrogen-bond donors (Lipinski definition) is 2. The van der Waals surface area contributed by atoms with Crippen LogP contribution in [0.5, 0.6) is 5.88 Å². The van der Waals surface area contributed by atoms with Gasteiger partial charge in [-0.3, -0.25) is 0 Å². The molecule has 2 N–H and O–H groups in total. The molecule has 4 aliphatic carbocycles. The first-order valence-corrected chi connectivity index (χ1v) is 6.73. The molecule has 1 aromatic heterocycles. The van der Waals surface area contributed by atoms with Gasteiger partial charge >= 0.3 is 0 Å². The van der Waals surface area contributed by atoms with Crippen molar-refractivity contribution in [3.05, 3.63) is 18.3 Å². The summed E-state index contributed by atoms with van der Waals surface area (Å²) in [5.74, 6) is 2.23. The van der Waals surface area contributed by atoms with E-state index in [4.69, 9.17) is 0 Å². The minimum atomic E-state index is -0.379. The Morgan fingerprint density at radius 1 is 1.18 bits per heavy atom. The zero-order valence-corrected chi connectivity index (χ0v) is 9.92. The van der Waals surface area contributed by atoms with Crippen molar-refractivity contribution >= 4 is 0 Å². The van der Waals surface area contributed by atoms with Gasteiger partial charge in [0, 0.05) is 12.2 Å². The fourth-order valence-electron chi connectivity index (χ4n) is 5.05. The molecule has 0 spiro atoms. The van der Waals surface area contributed by atoms with Crippen LogP contribution in [0.2, 0.25) is 0 Å². The zero-order valence-electron chi connectivity index (χ0n) is 9.92. The van der Waals surface area contributed by atoms with Gasteiger partial charge < -0.3 is 14.8 Å². The number of nitrogens with zero attached hydrogens (tertiary/aromatic N) is 1. The van der Waals surface area contributed by atoms with E-state index in [1.54, 1.807) is 6.07 Å². The van der Waals surface area contributed by atoms with Crippen molar-refractivity contribution < 1.29 is 10.2 Å². The highest BCUT2D eigenvalue weighted by molar-refractivity contribution is 5.17. The normalized spacial score (nSPS) is 47.6. The summed E-state index contributed by atoms with van der Waals surface area (Å²) in [6, 6.07) is 4.09. The van der Waals surface area contributed by atoms with Crippen LogP contribution in [0.4, 0.5) is 0 Å². The molecule has 0 amide bonds. The molecule has 4 aliphatic rings. The second kappa shape index (κ2) is 3.08. The summed E-state index contributed by atoms with van der Waals surface area (Å²) in [7, 11) is 0. The van der Waals surface area contributed by atoms with E-state index in [2.05, 4.69) is 0 Å². The Balaban J connectivity index is 1.73. The molecule has 1 aromatic rings. The van der Waals surface area contributed by atoms with E-state index >= 15 is 0 Å². The fraction of sp³-hybridized carbons (Fsp3) is 0.714. The first-order valence-electron chi connectivity index (χ1n) is 6.73. The maximum absolute atomic E-state index is 10.5. The molecule has 5 rings (SSSR count). The van der Waals surface area contributed by atoms with Crippen LogP contribution in [0, 0.1) is 17.8 Å². The first kappa shape index (κ1) is 10.0. The third-order valence-electron chi connectivity index (χ3n) is 5.27. The molecule has 4 fully saturated rings. The number of aliphatic hydroxyl groups is 1. The number of rotatable bonds is 1. The van der Waals surface area contributed by atoms with E-state index in [1.807, 2.05) is 16.8 Å². The van der Waals surface area contributed by atoms with Crippen molar-refractivity contribution in [3.8, 4) is 5.88 Å². The van der Waals surface area contributed by atoms with Gasteiger partial charge in [-0.25, -0.2) is 0 Å². The molecule has 0 saturated heterocycles. The number of hydrogen-bond acceptors (Lipinski definition) is 2. The Bertz CT molecular complexity index is 437. The zero-order chi connectivity index (χ0) is 11.6. The molecule has 0 unspecified atom stereocenters. The molecular formula is C14H19NO2. The minimum absolute atomic E-state index is 0.379. The summed E-state index contributed by atoms with van der Waals surface area (Å²) < 4.78 is 2.04. The van der Waals surface area contributed by atoms with Gasteiger partial charge in [0.25, 0.3) is 0 Å². The van der Waals surface area contributed by atoms with Gasteiger partial charge in [0.05, 0.1) is 5.60 Å². The molecule has 4 bridgehead atoms. The molecule has 1 heterocycles. The van der Waals surface area contributed by atoms with E-state index in [-0.39, 0.29) is 5.60 Å². The minimum Gasteiger partial charge on any atom is -0.494 e. The molecule has 3 heteroatoms. The Morgan fingerprint density at radius 2 is 1.88 bits per heavy atom. The Morgan fingerprint density at radius 3 is 2.41 bits per heavy atom. The Kier molecular flexibility index (Phi) is 1.81. The van der Waals surface area contributed by atoms with Crippen LogP contribution in [0.15, 0.2) is 18.3 Å². The highest BCUT2D eigenvalue weighted by Gasteiger charge is 2.55. The van der Waals surface area contributed by atoms with Gasteiger partial charge in [0.15, 0.2) is 5.88 Å². The quantitative estimate of drug-likeness (QED) is 0.781. The molecule has 17 heavy (non-hydrogen) atoms. The lowest BCUT2D eigenvalue weighted by Gasteiger charge is -2.58. The average Bonchev–Trinajstić information content (AvgIpc) is 2.61. The van der Waals surface area contributed by atoms with Gasteiger partial charge in [-0.15, -0.1) is 0 Å². The van der Waals surface area contributed by atoms with E-state index in [1.165, 1.54) is 12.8 Å². The highest BCUT2D eigenvalue weighted by Crippen LogP contribution is 2.60. The third-order valence-corrected chi connectivity index (χ3v) is 5.27. The van der Waals surface area contributed by atoms with Crippen LogP contribution in [0.1, 0.15) is 38.1 Å². The lowest BCUT2D eigenvalue weighted by molar-refractivity contribution is -0.147. The molecule has 2 atom stereocenters. The summed E-state index contributed by atoms with van der Waals surface area (Å²) in [5.41, 5.74) is -0.379. The second-order valence-electron chi connectivity index (χ2n) is 6.46. The van der Waals surface area contributed by atoms with Gasteiger partial charge in [-0.2, -0.15) is 0 Å². The molecule has 0 aliphatic heterocycles. The van der Waals surface area contributed by atoms with Crippen LogP contribution >= 0.6 is 0 Å². The Hall–Kier alpha value is -0.960. The molecule has 4 saturated carbocycles. The predicted octanol–water partition coefficient (Wildman–Crippen LogP) is 2.31. The van der Waals surface area contributed by atoms with Crippen molar-refractivity contribution in [2.75, 3.05) is 0 Å². The summed E-state index contributed by atoms with van der Waals surface area (Å²) in [6.45, 7) is 0. The van der Waals surface area contributed by atoms with Crippen molar-refractivity contribution in [2.45, 2.75) is 43.7 Å². The van der Waals surface area contributed by atoms with Crippen LogP contribution in [0.25, 0.3) is 0 Å². The monoisotopic (exact) mass is 233 g/mol. The van der Waals surface area contributed by atoms with Gasteiger partial charge in [0.1, 0.15) is 0 Å². The maximum Gasteiger partial charge on any atom is 0.191 e. The second-order valence-corrected chi connectivity index (χ2v) is 6.46. The summed E-state index contributed by atoms with van der Waals surface area (Å²) >= 11 is 0. The lowest BCUT2D eigenvalue weighted by atomic mass is 9.52. The molecule has 3 nitrogen and oxygen atoms in total. The largest absolute Gasteiger partial charge is 0.494 e. The van der Waals surface area contributed by atoms with E-state index in [9.17, 15) is 10.2 Å². The highest BCUT2D eigenvalue weighted by atomic mass is 16.3. The first-order chi connectivity index (χ1) is 8.15. The van der Waals surface area contributed by atoms with Crippen molar-refractivity contribution in [1.82, 2.24) is 4.57 Å². The molecule has 0 aromatic carbocycles. The van der Waals surface area contributed by atoms with Gasteiger partial charge in [0.2, 0.25) is 0 Å². The van der Waals surface area contributed by atoms with Crippen molar-refractivity contribution in [2.24, 2.45) is 17.8 Å². The molecule has 92 valence electrons. The van der Waals surface area contributed by atoms with Crippen molar-refractivity contribution in [1.29, 1.82) is 0 Å². The fourth-order valence-corrected chi connectivity index (χ4v) is 5.05. The maximum atomic E-state index is 10.5. The Labute approximate surface area is 101 Å². The molecular weight excluding hydrogens is 214 g/mol. The van der Waals surface area contributed by atoms with Crippen LogP contribution in [-0.4, -0.2) is 20.4 Å². The number of aromatic nitrogens is 1. The SMILES string of the molecule is Oc1cccn1C1[C@@H]2CC3C[C@@H]1CC(O)(C3)C2. The van der Waals surface area contributed by atoms with Gasteiger partial charge in [-0.05, 0) is 62.0 Å². The van der Waals surface area contributed by atoms with Gasteiger partial charge in [-0.1, -0.05) is 0 Å². The van der Waals surface area contributed by atoms with Crippen LogP contribution in [0.3, 0.4) is 0 Å². The predicted molar refractivity (Wildman–Crippen MR) is 63.6 cm³/mol. The summed E-state index contributed by atoms with van der Waals surface area (Å²) in [4.78, 5) is 0. The van der Waals surface area contributed by atoms with E-state index in [0.29, 0.717) is 23.8 Å². The number of aromatic hydroxyl groups is 1. The van der Waals surface area contributed by atoms with E-state index in [0.717, 1.165) is 25.2 Å². The van der Waals surface area contributed by atoms with E-state index < -0.39 is 0 Å². The molecule has 0 radical (unpaired) electrons. The van der Waals surface area contributed by atoms with Crippen LogP contribution in [-0.2, 0) is 0 Å².